The van der Waals surface area contributed by atoms with Crippen molar-refractivity contribution in [2.24, 2.45) is 11.8 Å². The molecule has 2 rings (SSSR count). The molecule has 0 amide bonds. The summed E-state index contributed by atoms with van der Waals surface area (Å²) in [5, 5.41) is 0. The molecule has 0 saturated carbocycles. The van der Waals surface area contributed by atoms with Crippen LogP contribution in [0.1, 0.15) is 45.6 Å². The summed E-state index contributed by atoms with van der Waals surface area (Å²) in [7, 11) is 0. The van der Waals surface area contributed by atoms with Gasteiger partial charge in [0.25, 0.3) is 0 Å². The minimum absolute atomic E-state index is 0.566. The second-order valence-corrected chi connectivity index (χ2v) is 5.96. The fourth-order valence-corrected chi connectivity index (χ4v) is 2.78. The van der Waals surface area contributed by atoms with Crippen molar-refractivity contribution >= 4 is 5.82 Å². The predicted molar refractivity (Wildman–Crippen MR) is 73.5 cm³/mol. The van der Waals surface area contributed by atoms with Crippen LogP contribution < -0.4 is 4.90 Å². The molecule has 1 fully saturated rings. The van der Waals surface area contributed by atoms with Gasteiger partial charge in [0.2, 0.25) is 0 Å². The first-order valence-corrected chi connectivity index (χ1v) is 6.77. The van der Waals surface area contributed by atoms with Crippen LogP contribution in [0.2, 0.25) is 0 Å². The maximum atomic E-state index is 4.62. The van der Waals surface area contributed by atoms with E-state index in [-0.39, 0.29) is 0 Å². The van der Waals surface area contributed by atoms with Crippen LogP contribution in [0.3, 0.4) is 0 Å². The molecule has 2 atom stereocenters. The van der Waals surface area contributed by atoms with E-state index >= 15 is 0 Å². The van der Waals surface area contributed by atoms with Crippen molar-refractivity contribution < 1.29 is 0 Å². The van der Waals surface area contributed by atoms with E-state index in [1.807, 2.05) is 6.20 Å². The molecule has 1 aromatic heterocycles. The zero-order valence-electron chi connectivity index (χ0n) is 11.5. The molecule has 0 N–H and O–H groups in total. The van der Waals surface area contributed by atoms with Gasteiger partial charge in [-0.2, -0.15) is 0 Å². The Hall–Kier alpha value is -1.05. The van der Waals surface area contributed by atoms with E-state index in [1.165, 1.54) is 12.0 Å². The lowest BCUT2D eigenvalue weighted by atomic mass is 9.92. The average molecular weight is 232 g/mol. The molecule has 1 saturated heterocycles. The molecule has 1 aromatic rings. The molecule has 0 aromatic carbocycles. The fourth-order valence-electron chi connectivity index (χ4n) is 2.78. The highest BCUT2D eigenvalue weighted by molar-refractivity contribution is 5.40. The smallest absolute Gasteiger partial charge is 0.128 e. The molecule has 0 aliphatic carbocycles. The first-order chi connectivity index (χ1) is 8.06. The van der Waals surface area contributed by atoms with E-state index < -0.39 is 0 Å². The Morgan fingerprint density at radius 2 is 1.82 bits per heavy atom. The number of hydrogen-bond donors (Lipinski definition) is 0. The molecule has 0 bridgehead atoms. The molecule has 17 heavy (non-hydrogen) atoms. The van der Waals surface area contributed by atoms with Crippen LogP contribution in [0.25, 0.3) is 0 Å². The quantitative estimate of drug-likeness (QED) is 0.773. The number of rotatable bonds is 2. The molecular weight excluding hydrogens is 208 g/mol. The van der Waals surface area contributed by atoms with E-state index in [2.05, 4.69) is 49.7 Å². The monoisotopic (exact) mass is 232 g/mol. The Morgan fingerprint density at radius 3 is 2.29 bits per heavy atom. The van der Waals surface area contributed by atoms with Crippen molar-refractivity contribution in [1.82, 2.24) is 4.98 Å². The molecule has 0 unspecified atom stereocenters. The van der Waals surface area contributed by atoms with Gasteiger partial charge in [0, 0.05) is 19.3 Å². The number of piperidine rings is 1. The number of nitrogens with zero attached hydrogens (tertiary/aromatic N) is 2. The lowest BCUT2D eigenvalue weighted by molar-refractivity contribution is 0.355. The lowest BCUT2D eigenvalue weighted by Crippen LogP contribution is -2.39. The third kappa shape index (κ3) is 2.99. The van der Waals surface area contributed by atoms with Gasteiger partial charge in [0.1, 0.15) is 5.82 Å². The predicted octanol–water partition coefficient (Wildman–Crippen LogP) is 3.69. The average Bonchev–Trinajstić information content (AvgIpc) is 2.28. The second-order valence-electron chi connectivity index (χ2n) is 5.96. The summed E-state index contributed by atoms with van der Waals surface area (Å²) in [5.41, 5.74) is 1.33. The first-order valence-electron chi connectivity index (χ1n) is 6.77. The Balaban J connectivity index is 2.11. The Labute approximate surface area is 105 Å². The molecule has 1 aliphatic heterocycles. The van der Waals surface area contributed by atoms with Crippen LogP contribution in [-0.2, 0) is 0 Å². The Morgan fingerprint density at radius 1 is 1.18 bits per heavy atom. The SMILES string of the molecule is CC(C)c1ccc(N2C[C@H](C)C[C@@H](C)C2)nc1. The van der Waals surface area contributed by atoms with Gasteiger partial charge in [-0.3, -0.25) is 0 Å². The van der Waals surface area contributed by atoms with Gasteiger partial charge in [-0.25, -0.2) is 4.98 Å². The van der Waals surface area contributed by atoms with Gasteiger partial charge in [0.15, 0.2) is 0 Å². The fraction of sp³-hybridized carbons (Fsp3) is 0.667. The van der Waals surface area contributed by atoms with E-state index in [1.54, 1.807) is 0 Å². The molecule has 2 heterocycles. The van der Waals surface area contributed by atoms with Crippen LogP contribution in [0, 0.1) is 11.8 Å². The van der Waals surface area contributed by atoms with Gasteiger partial charge < -0.3 is 4.90 Å². The minimum Gasteiger partial charge on any atom is -0.356 e. The first kappa shape index (κ1) is 12.4. The third-order valence-corrected chi connectivity index (χ3v) is 3.63. The molecule has 2 nitrogen and oxygen atoms in total. The minimum atomic E-state index is 0.566. The summed E-state index contributed by atoms with van der Waals surface area (Å²) < 4.78 is 0. The van der Waals surface area contributed by atoms with E-state index in [4.69, 9.17) is 0 Å². The number of anilines is 1. The van der Waals surface area contributed by atoms with Crippen LogP contribution in [0.4, 0.5) is 5.82 Å². The summed E-state index contributed by atoms with van der Waals surface area (Å²) in [5.74, 6) is 3.28. The van der Waals surface area contributed by atoms with Gasteiger partial charge in [-0.1, -0.05) is 33.8 Å². The lowest BCUT2D eigenvalue weighted by Gasteiger charge is -2.35. The summed E-state index contributed by atoms with van der Waals surface area (Å²) in [4.78, 5) is 7.05. The van der Waals surface area contributed by atoms with Crippen LogP contribution >= 0.6 is 0 Å². The highest BCUT2D eigenvalue weighted by Crippen LogP contribution is 2.25. The number of aromatic nitrogens is 1. The van der Waals surface area contributed by atoms with Crippen LogP contribution in [-0.4, -0.2) is 18.1 Å². The van der Waals surface area contributed by atoms with E-state index in [9.17, 15) is 0 Å². The molecule has 1 aliphatic rings. The van der Waals surface area contributed by atoms with Gasteiger partial charge in [-0.05, 0) is 35.8 Å². The van der Waals surface area contributed by atoms with Crippen molar-refractivity contribution in [2.45, 2.75) is 40.0 Å². The number of hydrogen-bond acceptors (Lipinski definition) is 2. The van der Waals surface area contributed by atoms with E-state index in [0.717, 1.165) is 30.7 Å². The summed E-state index contributed by atoms with van der Waals surface area (Å²) >= 11 is 0. The van der Waals surface area contributed by atoms with Gasteiger partial charge >= 0.3 is 0 Å². The van der Waals surface area contributed by atoms with Crippen molar-refractivity contribution in [3.8, 4) is 0 Å². The molecule has 2 heteroatoms. The van der Waals surface area contributed by atoms with Gasteiger partial charge in [-0.15, -0.1) is 0 Å². The molecular formula is C15H24N2. The van der Waals surface area contributed by atoms with Crippen LogP contribution in [0.5, 0.6) is 0 Å². The normalized spacial score (nSPS) is 25.4. The van der Waals surface area contributed by atoms with Crippen molar-refractivity contribution in [1.29, 1.82) is 0 Å². The Bertz CT molecular complexity index is 346. The largest absolute Gasteiger partial charge is 0.356 e. The zero-order chi connectivity index (χ0) is 12.4. The summed E-state index contributed by atoms with van der Waals surface area (Å²) in [6.45, 7) is 11.4. The van der Waals surface area contributed by atoms with Crippen molar-refractivity contribution in [2.75, 3.05) is 18.0 Å². The highest BCUT2D eigenvalue weighted by Gasteiger charge is 2.22. The molecule has 94 valence electrons. The zero-order valence-corrected chi connectivity index (χ0v) is 11.5. The van der Waals surface area contributed by atoms with Crippen LogP contribution in [0.15, 0.2) is 18.3 Å². The third-order valence-electron chi connectivity index (χ3n) is 3.63. The highest BCUT2D eigenvalue weighted by atomic mass is 15.2. The maximum Gasteiger partial charge on any atom is 0.128 e. The van der Waals surface area contributed by atoms with Gasteiger partial charge in [0.05, 0.1) is 0 Å². The standard InChI is InChI=1S/C15H24N2/c1-11(2)14-5-6-15(16-8-14)17-9-12(3)7-13(4)10-17/h5-6,8,11-13H,7,9-10H2,1-4H3/t12-,13-/m1/s1. The molecule has 0 radical (unpaired) electrons. The number of pyridine rings is 1. The van der Waals surface area contributed by atoms with Crippen molar-refractivity contribution in [3.63, 3.8) is 0 Å². The topological polar surface area (TPSA) is 16.1 Å². The second kappa shape index (κ2) is 5.07. The Kier molecular flexibility index (Phi) is 3.70. The maximum absolute atomic E-state index is 4.62. The summed E-state index contributed by atoms with van der Waals surface area (Å²) in [6.07, 6.45) is 3.38. The van der Waals surface area contributed by atoms with E-state index in [0.29, 0.717) is 5.92 Å². The van der Waals surface area contributed by atoms with Crippen molar-refractivity contribution in [3.05, 3.63) is 23.9 Å². The summed E-state index contributed by atoms with van der Waals surface area (Å²) in [6, 6.07) is 4.40. The molecule has 0 spiro atoms.